The molecule has 0 spiro atoms. The fourth-order valence-electron chi connectivity index (χ4n) is 4.70. The summed E-state index contributed by atoms with van der Waals surface area (Å²) in [7, 11) is 0. The van der Waals surface area contributed by atoms with Crippen molar-refractivity contribution in [1.82, 2.24) is 0 Å². The summed E-state index contributed by atoms with van der Waals surface area (Å²) in [5.41, 5.74) is 3.97. The highest BCUT2D eigenvalue weighted by Crippen LogP contribution is 2.21. The van der Waals surface area contributed by atoms with Gasteiger partial charge in [-0.25, -0.2) is 0 Å². The summed E-state index contributed by atoms with van der Waals surface area (Å²) in [4.78, 5) is 10.8. The minimum atomic E-state index is -0.691. The molecule has 1 N–H and O–H groups in total. The summed E-state index contributed by atoms with van der Waals surface area (Å²) < 4.78 is 12.3. The number of hydrogen-bond donors (Lipinski definition) is 1. The molecule has 0 aliphatic heterocycles. The minimum Gasteiger partial charge on any atom is -0.481 e. The SMILES string of the molecule is CCCCCC(CCCC(=CCCOCc1ccccc1)CCCCCCC(=O)O)OCc1ccccc1. The highest BCUT2D eigenvalue weighted by atomic mass is 16.5. The minimum absolute atomic E-state index is 0.282. The first-order chi connectivity index (χ1) is 18.7. The molecule has 0 saturated heterocycles. The van der Waals surface area contributed by atoms with Crippen LogP contribution in [-0.2, 0) is 27.5 Å². The lowest BCUT2D eigenvalue weighted by molar-refractivity contribution is -0.137. The van der Waals surface area contributed by atoms with Crippen LogP contribution in [0.2, 0.25) is 0 Å². The van der Waals surface area contributed by atoms with Gasteiger partial charge in [0.05, 0.1) is 25.9 Å². The van der Waals surface area contributed by atoms with Gasteiger partial charge >= 0.3 is 5.97 Å². The molecule has 1 unspecified atom stereocenters. The number of carboxylic acids is 1. The molecule has 2 aromatic carbocycles. The van der Waals surface area contributed by atoms with Gasteiger partial charge in [0.2, 0.25) is 0 Å². The van der Waals surface area contributed by atoms with Gasteiger partial charge in [-0.15, -0.1) is 0 Å². The number of hydrogen-bond acceptors (Lipinski definition) is 3. The van der Waals surface area contributed by atoms with E-state index in [9.17, 15) is 4.79 Å². The van der Waals surface area contributed by atoms with Gasteiger partial charge in [-0.05, 0) is 62.5 Å². The zero-order valence-corrected chi connectivity index (χ0v) is 23.6. The third kappa shape index (κ3) is 16.4. The molecule has 4 nitrogen and oxygen atoms in total. The van der Waals surface area contributed by atoms with Crippen molar-refractivity contribution in [3.05, 3.63) is 83.4 Å². The maximum atomic E-state index is 10.8. The second-order valence-electron chi connectivity index (χ2n) is 10.3. The zero-order chi connectivity index (χ0) is 27.1. The van der Waals surface area contributed by atoms with E-state index >= 15 is 0 Å². The highest BCUT2D eigenvalue weighted by Gasteiger charge is 2.10. The smallest absolute Gasteiger partial charge is 0.303 e. The van der Waals surface area contributed by atoms with Crippen molar-refractivity contribution in [3.63, 3.8) is 0 Å². The number of unbranched alkanes of at least 4 members (excludes halogenated alkanes) is 5. The Balaban J connectivity index is 1.80. The van der Waals surface area contributed by atoms with Gasteiger partial charge < -0.3 is 14.6 Å². The number of benzene rings is 2. The fraction of sp³-hybridized carbons (Fsp3) is 0.559. The summed E-state index contributed by atoms with van der Waals surface area (Å²) in [6, 6.07) is 20.8. The predicted octanol–water partition coefficient (Wildman–Crippen LogP) is 9.28. The topological polar surface area (TPSA) is 55.8 Å². The number of carboxylic acid groups (broad SMARTS) is 1. The van der Waals surface area contributed by atoms with Gasteiger partial charge in [0, 0.05) is 6.42 Å². The molecule has 0 radical (unpaired) electrons. The maximum absolute atomic E-state index is 10.8. The molecule has 0 aliphatic carbocycles. The predicted molar refractivity (Wildman–Crippen MR) is 157 cm³/mol. The molecule has 38 heavy (non-hydrogen) atoms. The molecule has 0 aliphatic rings. The quantitative estimate of drug-likeness (QED) is 0.117. The highest BCUT2D eigenvalue weighted by molar-refractivity contribution is 5.66. The van der Waals surface area contributed by atoms with Gasteiger partial charge in [-0.2, -0.15) is 0 Å². The lowest BCUT2D eigenvalue weighted by atomic mass is 9.97. The normalized spacial score (nSPS) is 12.5. The van der Waals surface area contributed by atoms with E-state index in [4.69, 9.17) is 14.6 Å². The Morgan fingerprint density at radius 1 is 0.763 bits per heavy atom. The summed E-state index contributed by atoms with van der Waals surface area (Å²) in [6.07, 6.45) is 17.2. The van der Waals surface area contributed by atoms with E-state index in [0.29, 0.717) is 19.3 Å². The largest absolute Gasteiger partial charge is 0.481 e. The number of allylic oxidation sites excluding steroid dienone is 1. The molecule has 0 fully saturated rings. The van der Waals surface area contributed by atoms with Gasteiger partial charge in [0.25, 0.3) is 0 Å². The number of carbonyl (C=O) groups is 1. The van der Waals surface area contributed by atoms with Crippen molar-refractivity contribution in [3.8, 4) is 0 Å². The second kappa shape index (κ2) is 21.5. The number of rotatable bonds is 23. The van der Waals surface area contributed by atoms with E-state index < -0.39 is 5.97 Å². The van der Waals surface area contributed by atoms with Crippen LogP contribution in [0.5, 0.6) is 0 Å². The number of ether oxygens (including phenoxy) is 2. The molecule has 0 bridgehead atoms. The van der Waals surface area contributed by atoms with Crippen molar-refractivity contribution in [2.75, 3.05) is 6.61 Å². The second-order valence-corrected chi connectivity index (χ2v) is 10.3. The van der Waals surface area contributed by atoms with E-state index in [1.165, 1.54) is 36.0 Å². The summed E-state index contributed by atoms with van der Waals surface area (Å²) in [5, 5.41) is 8.85. The van der Waals surface area contributed by atoms with Crippen LogP contribution in [0.4, 0.5) is 0 Å². The van der Waals surface area contributed by atoms with Gasteiger partial charge in [0.15, 0.2) is 0 Å². The average Bonchev–Trinajstić information content (AvgIpc) is 2.93. The molecule has 0 saturated carbocycles. The molecule has 0 amide bonds. The first kappa shape index (κ1) is 31.8. The Morgan fingerprint density at radius 2 is 1.37 bits per heavy atom. The average molecular weight is 523 g/mol. The van der Waals surface area contributed by atoms with Crippen LogP contribution in [0.3, 0.4) is 0 Å². The molecular weight excluding hydrogens is 472 g/mol. The monoisotopic (exact) mass is 522 g/mol. The molecule has 2 aromatic rings. The van der Waals surface area contributed by atoms with E-state index in [-0.39, 0.29) is 6.42 Å². The summed E-state index contributed by atoms with van der Waals surface area (Å²) in [5.74, 6) is -0.691. The first-order valence-electron chi connectivity index (χ1n) is 14.8. The van der Waals surface area contributed by atoms with E-state index in [1.54, 1.807) is 0 Å². The van der Waals surface area contributed by atoms with Crippen molar-refractivity contribution >= 4 is 5.97 Å². The zero-order valence-electron chi connectivity index (χ0n) is 23.6. The van der Waals surface area contributed by atoms with Crippen LogP contribution in [0, 0.1) is 0 Å². The first-order valence-corrected chi connectivity index (χ1v) is 14.8. The Kier molecular flexibility index (Phi) is 18.0. The molecule has 2 rings (SSSR count). The van der Waals surface area contributed by atoms with Crippen LogP contribution in [-0.4, -0.2) is 23.8 Å². The van der Waals surface area contributed by atoms with Gasteiger partial charge in [-0.1, -0.05) is 111 Å². The number of aliphatic carboxylic acids is 1. The Hall–Kier alpha value is -2.43. The van der Waals surface area contributed by atoms with Crippen LogP contribution in [0.15, 0.2) is 72.3 Å². The van der Waals surface area contributed by atoms with Crippen molar-refractivity contribution in [1.29, 1.82) is 0 Å². The lowest BCUT2D eigenvalue weighted by Gasteiger charge is -2.19. The Bertz CT molecular complexity index is 863. The van der Waals surface area contributed by atoms with Crippen molar-refractivity contribution in [2.24, 2.45) is 0 Å². The maximum Gasteiger partial charge on any atom is 0.303 e. The van der Waals surface area contributed by atoms with Crippen LogP contribution in [0.25, 0.3) is 0 Å². The van der Waals surface area contributed by atoms with Crippen LogP contribution in [0.1, 0.15) is 108 Å². The lowest BCUT2D eigenvalue weighted by Crippen LogP contribution is -2.13. The van der Waals surface area contributed by atoms with Crippen LogP contribution < -0.4 is 0 Å². The Morgan fingerprint density at radius 3 is 2.03 bits per heavy atom. The Labute approximate surface area is 231 Å². The molecule has 210 valence electrons. The molecule has 0 heterocycles. The van der Waals surface area contributed by atoms with E-state index in [0.717, 1.165) is 70.8 Å². The van der Waals surface area contributed by atoms with Gasteiger partial charge in [-0.3, -0.25) is 4.79 Å². The molecule has 0 aromatic heterocycles. The third-order valence-electron chi connectivity index (χ3n) is 6.93. The fourth-order valence-corrected chi connectivity index (χ4v) is 4.70. The van der Waals surface area contributed by atoms with Gasteiger partial charge in [0.1, 0.15) is 0 Å². The molecule has 1 atom stereocenters. The van der Waals surface area contributed by atoms with Crippen molar-refractivity contribution in [2.45, 2.75) is 116 Å². The van der Waals surface area contributed by atoms with E-state index in [1.807, 2.05) is 18.2 Å². The standard InChI is InChI=1S/C34H50O4/c1-2-3-8-24-33(38-29-32-20-12-7-13-21-32)25-15-22-30(17-9-4-5-14-26-34(35)36)23-16-27-37-28-31-18-10-6-11-19-31/h6-7,10-13,18-21,23,33H,2-5,8-9,14-17,22,24-29H2,1H3,(H,35,36). The molecule has 4 heteroatoms. The van der Waals surface area contributed by atoms with Crippen LogP contribution >= 0.6 is 0 Å². The summed E-state index contributed by atoms with van der Waals surface area (Å²) >= 11 is 0. The van der Waals surface area contributed by atoms with E-state index in [2.05, 4.69) is 55.5 Å². The summed E-state index contributed by atoms with van der Waals surface area (Å²) in [6.45, 7) is 4.33. The van der Waals surface area contributed by atoms with Crippen molar-refractivity contribution < 1.29 is 19.4 Å². The third-order valence-corrected chi connectivity index (χ3v) is 6.93. The molecular formula is C34H50O4.